The minimum Gasteiger partial charge on any atom is -0.325 e. The van der Waals surface area contributed by atoms with Crippen LogP contribution in [0.5, 0.6) is 0 Å². The number of amides is 2. The third-order valence-corrected chi connectivity index (χ3v) is 5.25. The fraction of sp³-hybridized carbons (Fsp3) is 0.412. The molecule has 0 saturated carbocycles. The molecule has 1 aromatic carbocycles. The van der Waals surface area contributed by atoms with E-state index in [9.17, 15) is 9.59 Å². The van der Waals surface area contributed by atoms with Gasteiger partial charge in [-0.15, -0.1) is 10.2 Å². The highest BCUT2D eigenvalue weighted by molar-refractivity contribution is 8.01. The zero-order valence-corrected chi connectivity index (χ0v) is 16.4. The molecule has 1 heterocycles. The Balaban J connectivity index is 1.82. The molecule has 0 radical (unpaired) electrons. The summed E-state index contributed by atoms with van der Waals surface area (Å²) >= 11 is 2.55. The fourth-order valence-corrected chi connectivity index (χ4v) is 3.30. The van der Waals surface area contributed by atoms with Crippen molar-refractivity contribution in [3.05, 3.63) is 29.8 Å². The second-order valence-electron chi connectivity index (χ2n) is 6.46. The molecule has 8 heteroatoms. The van der Waals surface area contributed by atoms with E-state index < -0.39 is 5.41 Å². The molecule has 0 aliphatic carbocycles. The molecule has 0 aliphatic rings. The highest BCUT2D eigenvalue weighted by Crippen LogP contribution is 2.27. The van der Waals surface area contributed by atoms with Crippen LogP contribution in [-0.2, 0) is 16.0 Å². The van der Waals surface area contributed by atoms with Crippen LogP contribution in [0.2, 0.25) is 0 Å². The molecular weight excluding hydrogens is 356 g/mol. The van der Waals surface area contributed by atoms with Gasteiger partial charge in [0.1, 0.15) is 0 Å². The van der Waals surface area contributed by atoms with E-state index in [2.05, 4.69) is 27.8 Å². The van der Waals surface area contributed by atoms with E-state index in [1.807, 2.05) is 45.0 Å². The number of hydrogen-bond acceptors (Lipinski definition) is 6. The molecule has 134 valence electrons. The number of carbonyl (C=O) groups excluding carboxylic acids is 2. The van der Waals surface area contributed by atoms with Gasteiger partial charge in [0.25, 0.3) is 0 Å². The Labute approximate surface area is 155 Å². The smallest absolute Gasteiger partial charge is 0.234 e. The van der Waals surface area contributed by atoms with Crippen LogP contribution >= 0.6 is 23.1 Å². The fourth-order valence-electron chi connectivity index (χ4n) is 1.75. The maximum absolute atomic E-state index is 12.0. The Hall–Kier alpha value is -1.93. The van der Waals surface area contributed by atoms with Crippen molar-refractivity contribution >= 4 is 45.7 Å². The molecule has 2 aromatic rings. The molecule has 0 atom stereocenters. The van der Waals surface area contributed by atoms with Gasteiger partial charge >= 0.3 is 0 Å². The Morgan fingerprint density at radius 1 is 1.12 bits per heavy atom. The standard InChI is InChI=1S/C17H22N4O2S2/c1-5-11-6-8-12(9-7-11)18-13(22)10-24-16-21-20-15(25-16)19-14(23)17(2,3)4/h6-9H,5,10H2,1-4H3,(H,18,22)(H,19,20,23). The molecule has 6 nitrogen and oxygen atoms in total. The summed E-state index contributed by atoms with van der Waals surface area (Å²) in [6.45, 7) is 7.58. The molecule has 0 saturated heterocycles. The van der Waals surface area contributed by atoms with Gasteiger partial charge in [0, 0.05) is 11.1 Å². The third-order valence-electron chi connectivity index (χ3n) is 3.28. The van der Waals surface area contributed by atoms with Crippen LogP contribution in [0.25, 0.3) is 0 Å². The molecule has 2 rings (SSSR count). The molecular formula is C17H22N4O2S2. The first kappa shape index (κ1) is 19.4. The Bertz CT molecular complexity index is 736. The summed E-state index contributed by atoms with van der Waals surface area (Å²) in [5.74, 6) is 0.00962. The van der Waals surface area contributed by atoms with Crippen molar-refractivity contribution in [2.24, 2.45) is 5.41 Å². The second-order valence-corrected chi connectivity index (χ2v) is 8.66. The number of rotatable bonds is 6. The number of carbonyl (C=O) groups is 2. The first-order valence-electron chi connectivity index (χ1n) is 7.94. The van der Waals surface area contributed by atoms with Gasteiger partial charge in [-0.3, -0.25) is 9.59 Å². The van der Waals surface area contributed by atoms with Gasteiger partial charge in [0.15, 0.2) is 4.34 Å². The van der Waals surface area contributed by atoms with Crippen LogP contribution in [0.3, 0.4) is 0 Å². The lowest BCUT2D eigenvalue weighted by molar-refractivity contribution is -0.123. The summed E-state index contributed by atoms with van der Waals surface area (Å²) in [5, 5.41) is 13.9. The number of aromatic nitrogens is 2. The van der Waals surface area contributed by atoms with Crippen LogP contribution < -0.4 is 10.6 Å². The van der Waals surface area contributed by atoms with E-state index in [1.165, 1.54) is 28.7 Å². The van der Waals surface area contributed by atoms with Crippen molar-refractivity contribution < 1.29 is 9.59 Å². The van der Waals surface area contributed by atoms with Crippen LogP contribution in [0.1, 0.15) is 33.3 Å². The summed E-state index contributed by atoms with van der Waals surface area (Å²) in [5.41, 5.74) is 1.51. The number of benzene rings is 1. The summed E-state index contributed by atoms with van der Waals surface area (Å²) in [6, 6.07) is 7.79. The molecule has 2 N–H and O–H groups in total. The summed E-state index contributed by atoms with van der Waals surface area (Å²) in [6.07, 6.45) is 0.967. The highest BCUT2D eigenvalue weighted by Gasteiger charge is 2.22. The number of anilines is 2. The van der Waals surface area contributed by atoms with Gasteiger partial charge < -0.3 is 10.6 Å². The van der Waals surface area contributed by atoms with Crippen molar-refractivity contribution in [1.29, 1.82) is 0 Å². The zero-order valence-electron chi connectivity index (χ0n) is 14.8. The predicted molar refractivity (Wildman–Crippen MR) is 103 cm³/mol. The quantitative estimate of drug-likeness (QED) is 0.590. The highest BCUT2D eigenvalue weighted by atomic mass is 32.2. The van der Waals surface area contributed by atoms with E-state index in [0.717, 1.165) is 12.1 Å². The largest absolute Gasteiger partial charge is 0.325 e. The minimum absolute atomic E-state index is 0.107. The van der Waals surface area contributed by atoms with Crippen LogP contribution in [0.15, 0.2) is 28.6 Å². The van der Waals surface area contributed by atoms with E-state index in [4.69, 9.17) is 0 Å². The molecule has 0 unspecified atom stereocenters. The van der Waals surface area contributed by atoms with Crippen molar-refractivity contribution in [2.45, 2.75) is 38.5 Å². The van der Waals surface area contributed by atoms with Gasteiger partial charge in [-0.2, -0.15) is 0 Å². The zero-order chi connectivity index (χ0) is 18.4. The average molecular weight is 379 g/mol. The Morgan fingerprint density at radius 3 is 2.40 bits per heavy atom. The number of hydrogen-bond donors (Lipinski definition) is 2. The summed E-state index contributed by atoms with van der Waals surface area (Å²) in [4.78, 5) is 23.9. The summed E-state index contributed by atoms with van der Waals surface area (Å²) < 4.78 is 0.640. The van der Waals surface area contributed by atoms with Gasteiger partial charge in [-0.25, -0.2) is 0 Å². The molecule has 0 spiro atoms. The van der Waals surface area contributed by atoms with Crippen molar-refractivity contribution in [3.8, 4) is 0 Å². The first-order chi connectivity index (χ1) is 11.8. The maximum Gasteiger partial charge on any atom is 0.234 e. The Kier molecular flexibility index (Phi) is 6.55. The molecule has 1 aromatic heterocycles. The van der Waals surface area contributed by atoms with E-state index >= 15 is 0 Å². The molecule has 2 amide bonds. The number of thioether (sulfide) groups is 1. The van der Waals surface area contributed by atoms with Crippen molar-refractivity contribution in [3.63, 3.8) is 0 Å². The number of nitrogens with zero attached hydrogens (tertiary/aromatic N) is 2. The molecule has 0 fully saturated rings. The topological polar surface area (TPSA) is 84.0 Å². The van der Waals surface area contributed by atoms with Gasteiger partial charge in [-0.1, -0.05) is 62.9 Å². The van der Waals surface area contributed by atoms with Crippen molar-refractivity contribution in [2.75, 3.05) is 16.4 Å². The molecule has 25 heavy (non-hydrogen) atoms. The first-order valence-corrected chi connectivity index (χ1v) is 9.74. The van der Waals surface area contributed by atoms with Crippen LogP contribution in [0.4, 0.5) is 10.8 Å². The lowest BCUT2D eigenvalue weighted by atomic mass is 9.96. The monoisotopic (exact) mass is 378 g/mol. The SMILES string of the molecule is CCc1ccc(NC(=O)CSc2nnc(NC(=O)C(C)(C)C)s2)cc1. The van der Waals surface area contributed by atoms with E-state index in [0.29, 0.717) is 9.47 Å². The van der Waals surface area contributed by atoms with Gasteiger partial charge in [-0.05, 0) is 24.1 Å². The minimum atomic E-state index is -0.494. The lowest BCUT2D eigenvalue weighted by Gasteiger charge is -2.15. The van der Waals surface area contributed by atoms with Crippen LogP contribution in [0, 0.1) is 5.41 Å². The van der Waals surface area contributed by atoms with Gasteiger partial charge in [0.2, 0.25) is 16.9 Å². The lowest BCUT2D eigenvalue weighted by Crippen LogP contribution is -2.27. The van der Waals surface area contributed by atoms with Crippen LogP contribution in [-0.4, -0.2) is 27.8 Å². The molecule has 0 aliphatic heterocycles. The van der Waals surface area contributed by atoms with E-state index in [-0.39, 0.29) is 17.6 Å². The summed E-state index contributed by atoms with van der Waals surface area (Å²) in [7, 11) is 0. The maximum atomic E-state index is 12.0. The third kappa shape index (κ3) is 6.13. The second kappa shape index (κ2) is 8.44. The van der Waals surface area contributed by atoms with E-state index in [1.54, 1.807) is 0 Å². The number of nitrogens with one attached hydrogen (secondary N) is 2. The molecule has 0 bridgehead atoms. The normalized spacial score (nSPS) is 11.2. The Morgan fingerprint density at radius 2 is 1.80 bits per heavy atom. The van der Waals surface area contributed by atoms with Gasteiger partial charge in [0.05, 0.1) is 5.75 Å². The number of aryl methyl sites for hydroxylation is 1. The predicted octanol–water partition coefficient (Wildman–Crippen LogP) is 3.82. The average Bonchev–Trinajstić information content (AvgIpc) is 3.00. The van der Waals surface area contributed by atoms with Crippen molar-refractivity contribution in [1.82, 2.24) is 10.2 Å².